The van der Waals surface area contributed by atoms with Crippen LogP contribution >= 0.6 is 0 Å². The van der Waals surface area contributed by atoms with Crippen molar-refractivity contribution in [1.29, 1.82) is 0 Å². The van der Waals surface area contributed by atoms with Gasteiger partial charge < -0.3 is 24.8 Å². The fraction of sp³-hybridized carbons (Fsp3) is 0.348. The number of carbonyl (C=O) groups is 1. The molecular weight excluding hydrogens is 415 g/mol. The normalized spacial score (nSPS) is 20.6. The molecule has 2 N–H and O–H groups in total. The van der Waals surface area contributed by atoms with Gasteiger partial charge in [-0.25, -0.2) is 19.2 Å². The number of halogens is 1. The third kappa shape index (κ3) is 4.16. The zero-order valence-corrected chi connectivity index (χ0v) is 17.3. The Morgan fingerprint density at radius 2 is 2.09 bits per heavy atom. The van der Waals surface area contributed by atoms with E-state index in [2.05, 4.69) is 15.3 Å². The Morgan fingerprint density at radius 1 is 1.22 bits per heavy atom. The second kappa shape index (κ2) is 8.58. The van der Waals surface area contributed by atoms with Crippen LogP contribution in [0.2, 0.25) is 0 Å². The van der Waals surface area contributed by atoms with Crippen LogP contribution in [0.5, 0.6) is 5.75 Å². The minimum atomic E-state index is -0.458. The summed E-state index contributed by atoms with van der Waals surface area (Å²) in [5, 5.41) is 13.8. The summed E-state index contributed by atoms with van der Waals surface area (Å²) in [6, 6.07) is 11.1. The minimum absolute atomic E-state index is 0.0690. The number of benzene rings is 2. The van der Waals surface area contributed by atoms with E-state index in [4.69, 9.17) is 9.47 Å². The summed E-state index contributed by atoms with van der Waals surface area (Å²) in [6.07, 6.45) is 0.740. The highest BCUT2D eigenvalue weighted by molar-refractivity contribution is 5.91. The molecule has 0 unspecified atom stereocenters. The van der Waals surface area contributed by atoms with Crippen LogP contribution < -0.4 is 10.2 Å². The second-order valence-electron chi connectivity index (χ2n) is 8.02. The quantitative estimate of drug-likeness (QED) is 0.646. The summed E-state index contributed by atoms with van der Waals surface area (Å²) in [6.45, 7) is 2.16. The number of nitrogens with one attached hydrogen (secondary N) is 1. The van der Waals surface area contributed by atoms with E-state index in [1.165, 1.54) is 12.1 Å². The highest BCUT2D eigenvalue weighted by atomic mass is 19.1. The molecule has 166 valence electrons. The Kier molecular flexibility index (Phi) is 5.48. The lowest BCUT2D eigenvalue weighted by Crippen LogP contribution is -2.39. The fourth-order valence-electron chi connectivity index (χ4n) is 4.14. The van der Waals surface area contributed by atoms with E-state index in [9.17, 15) is 14.3 Å². The van der Waals surface area contributed by atoms with E-state index >= 15 is 0 Å². The van der Waals surface area contributed by atoms with Crippen molar-refractivity contribution >= 4 is 22.8 Å². The van der Waals surface area contributed by atoms with E-state index in [-0.39, 0.29) is 23.7 Å². The van der Waals surface area contributed by atoms with Gasteiger partial charge in [-0.1, -0.05) is 12.1 Å². The van der Waals surface area contributed by atoms with Crippen LogP contribution in [0.15, 0.2) is 42.5 Å². The second-order valence-corrected chi connectivity index (χ2v) is 8.02. The van der Waals surface area contributed by atoms with Crippen molar-refractivity contribution in [3.8, 4) is 17.1 Å². The number of carbonyl (C=O) groups excluding carboxylic acids is 1. The smallest absolute Gasteiger partial charge is 0.407 e. The highest BCUT2D eigenvalue weighted by Gasteiger charge is 2.29. The van der Waals surface area contributed by atoms with Gasteiger partial charge in [0.15, 0.2) is 5.82 Å². The van der Waals surface area contributed by atoms with Crippen molar-refractivity contribution in [3.05, 3.63) is 48.3 Å². The summed E-state index contributed by atoms with van der Waals surface area (Å²) in [7, 11) is 0. The Morgan fingerprint density at radius 3 is 2.91 bits per heavy atom. The molecule has 0 radical (unpaired) electrons. The molecule has 3 aromatic rings. The number of aromatic hydroxyl groups is 1. The van der Waals surface area contributed by atoms with Gasteiger partial charge in [0.1, 0.15) is 23.5 Å². The summed E-state index contributed by atoms with van der Waals surface area (Å²) < 4.78 is 24.7. The molecule has 1 amide bonds. The number of fused-ring (bicyclic) bond motifs is 1. The zero-order chi connectivity index (χ0) is 22.1. The molecule has 2 saturated heterocycles. The van der Waals surface area contributed by atoms with E-state index in [1.807, 2.05) is 4.90 Å². The Bertz CT molecular complexity index is 1150. The van der Waals surface area contributed by atoms with Gasteiger partial charge in [-0.15, -0.1) is 0 Å². The first-order chi connectivity index (χ1) is 15.6. The molecular formula is C23H23FN4O4. The first kappa shape index (κ1) is 20.4. The molecule has 1 aromatic heterocycles. The van der Waals surface area contributed by atoms with Crippen molar-refractivity contribution in [2.45, 2.75) is 25.0 Å². The summed E-state index contributed by atoms with van der Waals surface area (Å²) in [5.41, 5.74) is 1.07. The Hall–Kier alpha value is -3.46. The molecule has 3 heterocycles. The molecule has 8 nitrogen and oxygen atoms in total. The van der Waals surface area contributed by atoms with Crippen molar-refractivity contribution in [1.82, 2.24) is 15.3 Å². The summed E-state index contributed by atoms with van der Waals surface area (Å²) in [4.78, 5) is 23.4. The van der Waals surface area contributed by atoms with Gasteiger partial charge in [-0.3, -0.25) is 0 Å². The maximum atomic E-state index is 14.0. The van der Waals surface area contributed by atoms with E-state index < -0.39 is 6.09 Å². The number of amides is 1. The lowest BCUT2D eigenvalue weighted by atomic mass is 10.1. The monoisotopic (exact) mass is 438 g/mol. The lowest BCUT2D eigenvalue weighted by Gasteiger charge is -2.21. The number of para-hydroxylation sites is 1. The Balaban J connectivity index is 1.41. The topological polar surface area (TPSA) is 96.8 Å². The lowest BCUT2D eigenvalue weighted by molar-refractivity contribution is 0.0813. The molecule has 0 saturated carbocycles. The fourth-order valence-corrected chi connectivity index (χ4v) is 4.14. The standard InChI is InChI=1S/C23H23FN4O4/c24-14-5-6-19-18(11-14)22(27-21(26-19)17-3-1-2-4-20(17)29)28-9-7-15(12-28)25-23(30)32-16-8-10-31-13-16/h1-6,11,15-16,29H,7-10,12-13H2,(H,25,30)/t15-,16+/m1/s1. The summed E-state index contributed by atoms with van der Waals surface area (Å²) in [5.74, 6) is 0.609. The molecule has 2 aliphatic rings. The largest absolute Gasteiger partial charge is 0.507 e. The highest BCUT2D eigenvalue weighted by Crippen LogP contribution is 2.33. The van der Waals surface area contributed by atoms with Gasteiger partial charge in [0.2, 0.25) is 0 Å². The van der Waals surface area contributed by atoms with Gasteiger partial charge >= 0.3 is 6.09 Å². The van der Waals surface area contributed by atoms with Crippen molar-refractivity contribution in [2.24, 2.45) is 0 Å². The van der Waals surface area contributed by atoms with Crippen molar-refractivity contribution in [2.75, 3.05) is 31.2 Å². The van der Waals surface area contributed by atoms with Crippen LogP contribution in [0.25, 0.3) is 22.3 Å². The zero-order valence-electron chi connectivity index (χ0n) is 17.3. The Labute approximate surface area is 184 Å². The van der Waals surface area contributed by atoms with Gasteiger partial charge in [-0.2, -0.15) is 0 Å². The average Bonchev–Trinajstić information content (AvgIpc) is 3.45. The molecule has 2 atom stereocenters. The number of hydrogen-bond acceptors (Lipinski definition) is 7. The molecule has 0 aliphatic carbocycles. The predicted molar refractivity (Wildman–Crippen MR) is 116 cm³/mol. The molecule has 0 bridgehead atoms. The van der Waals surface area contributed by atoms with Crippen LogP contribution in [0, 0.1) is 5.82 Å². The number of phenolic OH excluding ortho intramolecular Hbond substituents is 1. The third-order valence-corrected chi connectivity index (χ3v) is 5.75. The number of phenols is 1. The van der Waals surface area contributed by atoms with Gasteiger partial charge in [-0.05, 0) is 36.8 Å². The number of anilines is 1. The van der Waals surface area contributed by atoms with Gasteiger partial charge in [0, 0.05) is 24.9 Å². The van der Waals surface area contributed by atoms with E-state index in [0.717, 1.165) is 0 Å². The average molecular weight is 438 g/mol. The van der Waals surface area contributed by atoms with Crippen LogP contribution in [0.1, 0.15) is 12.8 Å². The van der Waals surface area contributed by atoms with Crippen LogP contribution in [-0.4, -0.2) is 59.6 Å². The first-order valence-corrected chi connectivity index (χ1v) is 10.6. The van der Waals surface area contributed by atoms with Gasteiger partial charge in [0.25, 0.3) is 0 Å². The number of hydrogen-bond donors (Lipinski definition) is 2. The van der Waals surface area contributed by atoms with E-state index in [1.54, 1.807) is 30.3 Å². The SMILES string of the molecule is O=C(N[C@@H]1CCN(c2nc(-c3ccccc3O)nc3ccc(F)cc23)C1)O[C@H]1CCOC1. The minimum Gasteiger partial charge on any atom is -0.507 e. The number of rotatable bonds is 4. The molecule has 32 heavy (non-hydrogen) atoms. The van der Waals surface area contributed by atoms with Crippen molar-refractivity contribution < 1.29 is 23.8 Å². The number of ether oxygens (including phenoxy) is 2. The van der Waals surface area contributed by atoms with Crippen molar-refractivity contribution in [3.63, 3.8) is 0 Å². The molecule has 9 heteroatoms. The van der Waals surface area contributed by atoms with Crippen LogP contribution in [-0.2, 0) is 9.47 Å². The van der Waals surface area contributed by atoms with Gasteiger partial charge in [0.05, 0.1) is 30.3 Å². The number of aromatic nitrogens is 2. The maximum absolute atomic E-state index is 14.0. The molecule has 2 aromatic carbocycles. The van der Waals surface area contributed by atoms with E-state index in [0.29, 0.717) is 67.3 Å². The maximum Gasteiger partial charge on any atom is 0.407 e. The predicted octanol–water partition coefficient (Wildman–Crippen LogP) is 3.24. The van der Waals surface area contributed by atoms with Crippen LogP contribution in [0.4, 0.5) is 15.0 Å². The summed E-state index contributed by atoms with van der Waals surface area (Å²) >= 11 is 0. The number of nitrogens with zero attached hydrogens (tertiary/aromatic N) is 3. The molecule has 5 rings (SSSR count). The third-order valence-electron chi connectivity index (χ3n) is 5.75. The molecule has 2 fully saturated rings. The van der Waals surface area contributed by atoms with Crippen LogP contribution in [0.3, 0.4) is 0 Å². The molecule has 0 spiro atoms. The number of alkyl carbamates (subject to hydrolysis) is 1. The first-order valence-electron chi connectivity index (χ1n) is 10.6. The molecule has 2 aliphatic heterocycles.